The Hall–Kier alpha value is -7.27. The highest BCUT2D eigenvalue weighted by molar-refractivity contribution is 6.31. The number of alkyl halides is 6. The number of halogens is 7. The molecule has 5 aliphatic rings. The van der Waals surface area contributed by atoms with Crippen LogP contribution in [0.4, 0.5) is 26.3 Å². The number of rotatable bonds is 10. The number of nitrogens with one attached hydrogen (secondary N) is 3. The van der Waals surface area contributed by atoms with Crippen molar-refractivity contribution in [1.82, 2.24) is 60.0 Å². The molecular weight excluding hydrogens is 1330 g/mol. The van der Waals surface area contributed by atoms with Gasteiger partial charge in [-0.1, -0.05) is 83.9 Å². The van der Waals surface area contributed by atoms with Crippen LogP contribution in [0.2, 0.25) is 5.02 Å². The van der Waals surface area contributed by atoms with E-state index in [4.69, 9.17) is 11.6 Å². The van der Waals surface area contributed by atoms with Gasteiger partial charge in [-0.05, 0) is 112 Å². The summed E-state index contributed by atoms with van der Waals surface area (Å²) in [4.78, 5) is 186. The van der Waals surface area contributed by atoms with E-state index in [0.29, 0.717) is 80.7 Å². The van der Waals surface area contributed by atoms with Gasteiger partial charge in [0, 0.05) is 69.0 Å². The molecule has 5 fully saturated rings. The molecule has 0 aromatic heterocycles. The fourth-order valence-corrected chi connectivity index (χ4v) is 14.6. The van der Waals surface area contributed by atoms with Crippen LogP contribution in [0.3, 0.4) is 0 Å². The van der Waals surface area contributed by atoms with Gasteiger partial charge in [0.05, 0.1) is 43.1 Å². The maximum Gasteiger partial charge on any atom is 0.417 e. The van der Waals surface area contributed by atoms with E-state index in [9.17, 15) is 55.1 Å². The molecule has 554 valence electrons. The molecule has 3 heterocycles. The van der Waals surface area contributed by atoms with Crippen molar-refractivity contribution >= 4 is 82.5 Å². The Bertz CT molecular complexity index is 3110. The van der Waals surface area contributed by atoms with Crippen LogP contribution in [-0.4, -0.2) is 258 Å². The lowest BCUT2D eigenvalue weighted by atomic mass is 9.81. The minimum Gasteiger partial charge on any atom is -0.343 e. The number of aryl methyl sites for hydroxylation is 1. The van der Waals surface area contributed by atoms with Crippen molar-refractivity contribution in [3.8, 4) is 0 Å². The van der Waals surface area contributed by atoms with Crippen molar-refractivity contribution in [2.45, 2.75) is 216 Å². The average Bonchev–Trinajstić information content (AvgIpc) is 1.76. The summed E-state index contributed by atoms with van der Waals surface area (Å²) in [5.41, 5.74) is -2.60. The quantitative estimate of drug-likeness (QED) is 0.249. The van der Waals surface area contributed by atoms with Gasteiger partial charge in [0.15, 0.2) is 0 Å². The van der Waals surface area contributed by atoms with Gasteiger partial charge in [-0.15, -0.1) is 0 Å². The number of hydrogen-bond donors (Lipinski definition) is 3. The second-order valence-corrected chi connectivity index (χ2v) is 28.7. The van der Waals surface area contributed by atoms with Crippen LogP contribution < -0.4 is 16.0 Å². The zero-order valence-electron chi connectivity index (χ0n) is 59.0. The van der Waals surface area contributed by atoms with Gasteiger partial charge in [-0.25, -0.2) is 0 Å². The van der Waals surface area contributed by atoms with Crippen molar-refractivity contribution < 1.29 is 83.9 Å². The molecule has 8 atom stereocenters. The molecule has 2 aliphatic carbocycles. The van der Waals surface area contributed by atoms with Gasteiger partial charge in [0.25, 0.3) is 0 Å². The normalized spacial score (nSPS) is 26.2. The van der Waals surface area contributed by atoms with Crippen LogP contribution in [0.25, 0.3) is 0 Å². The summed E-state index contributed by atoms with van der Waals surface area (Å²) in [5.74, 6) is -11.5. The molecule has 2 saturated carbocycles. The third kappa shape index (κ3) is 20.7. The predicted molar refractivity (Wildman–Crippen MR) is 353 cm³/mol. The highest BCUT2D eigenvalue weighted by Crippen LogP contribution is 2.38. The highest BCUT2D eigenvalue weighted by Gasteiger charge is 2.52. The number of piperidine rings is 1. The number of carbonyl (C=O) groups excluding carboxylic acids is 12. The molecule has 1 aromatic rings. The molecule has 99 heavy (non-hydrogen) atoms. The van der Waals surface area contributed by atoms with E-state index in [2.05, 4.69) is 16.0 Å². The molecule has 24 nitrogen and oxygen atoms in total. The fourth-order valence-electron chi connectivity index (χ4n) is 14.3. The van der Waals surface area contributed by atoms with Crippen LogP contribution in [0.15, 0.2) is 18.2 Å². The number of likely N-dealkylation sites (tertiary alicyclic amines) is 1. The van der Waals surface area contributed by atoms with Crippen LogP contribution in [0.5, 0.6) is 0 Å². The number of benzene rings is 1. The molecule has 0 unspecified atom stereocenters. The maximum absolute atomic E-state index is 15.8. The summed E-state index contributed by atoms with van der Waals surface area (Å²) in [6.07, 6.45) is -5.78. The van der Waals surface area contributed by atoms with Crippen LogP contribution in [-0.2, 0) is 70.1 Å². The van der Waals surface area contributed by atoms with E-state index >= 15 is 28.8 Å². The van der Waals surface area contributed by atoms with Gasteiger partial charge in [-0.3, -0.25) is 57.5 Å². The largest absolute Gasteiger partial charge is 0.417 e. The molecular formula is C68H101ClF6N12O12. The van der Waals surface area contributed by atoms with Crippen molar-refractivity contribution in [1.29, 1.82) is 0 Å². The first-order valence-corrected chi connectivity index (χ1v) is 34.9. The number of likely N-dealkylation sites (N-methyl/N-ethyl adjacent to an activating group) is 7. The molecule has 31 heteroatoms. The first-order chi connectivity index (χ1) is 46.3. The third-order valence-corrected chi connectivity index (χ3v) is 20.8. The van der Waals surface area contributed by atoms with Crippen molar-refractivity contribution in [2.24, 2.45) is 17.8 Å². The zero-order chi connectivity index (χ0) is 73.8. The van der Waals surface area contributed by atoms with Gasteiger partial charge in [-0.2, -0.15) is 26.3 Å². The molecule has 0 bridgehead atoms. The molecule has 3 N–H and O–H groups in total. The summed E-state index contributed by atoms with van der Waals surface area (Å²) in [6.45, 7) is 5.02. The lowest BCUT2D eigenvalue weighted by Gasteiger charge is -2.43. The van der Waals surface area contributed by atoms with Gasteiger partial charge < -0.3 is 60.0 Å². The number of amides is 12. The maximum atomic E-state index is 15.8. The minimum absolute atomic E-state index is 0.0490. The first kappa shape index (κ1) is 80.7. The topological polar surface area (TPSA) is 270 Å². The average molecular weight is 1430 g/mol. The summed E-state index contributed by atoms with van der Waals surface area (Å²) < 4.78 is 84.6. The Kier molecular flexibility index (Phi) is 28.4. The van der Waals surface area contributed by atoms with Crippen molar-refractivity contribution in [2.75, 3.05) is 88.6 Å². The number of carbonyl (C=O) groups is 12. The van der Waals surface area contributed by atoms with E-state index in [0.717, 1.165) is 62.0 Å². The van der Waals surface area contributed by atoms with E-state index in [1.807, 2.05) is 13.8 Å². The summed E-state index contributed by atoms with van der Waals surface area (Å²) in [7, 11) is 8.53. The molecule has 1 aromatic carbocycles. The van der Waals surface area contributed by atoms with E-state index in [1.54, 1.807) is 18.7 Å². The van der Waals surface area contributed by atoms with E-state index in [1.165, 1.54) is 47.8 Å². The standard InChI is InChI=1S/C68H101ClF6N12O12/c1-12-42(4)56-63(97)81(7)39-54(90)79(5)40-55(91)83(9)51(37-67(70,71)72)61(95)80(6)38-52(88)76-47(28-26-43-25-27-45(46(69)35-43)68(73,74)75)60(94)87-33-21-24-48(87)59(93)78-66(29-17-18-30-66)65(99)85(11)57(44-22-15-13-16-23-44)64(98)84(10)50(62(96)86-31-19-14-20-32-86)36-53(89)82(8)49(34-41(2)3)58(92)77-56/h25,27,35,41-42,44,47-51,56-57H,12-24,26,28-34,36-40H2,1-11H3,(H,76,88)(H,77,92)(H,78,93)/t42-,47-,48-,49-,50-,51-,56-,57-/m0/s1. The second kappa shape index (κ2) is 34.9. The lowest BCUT2D eigenvalue weighted by Crippen LogP contribution is -2.65. The minimum atomic E-state index is -5.10. The first-order valence-electron chi connectivity index (χ1n) is 34.5. The van der Waals surface area contributed by atoms with Crippen molar-refractivity contribution in [3.05, 3.63) is 34.3 Å². The lowest BCUT2D eigenvalue weighted by molar-refractivity contribution is -0.166. The highest BCUT2D eigenvalue weighted by atomic mass is 35.5. The number of hydrogen-bond acceptors (Lipinski definition) is 12. The monoisotopic (exact) mass is 1430 g/mol. The van der Waals surface area contributed by atoms with E-state index < -0.39 is 186 Å². The molecule has 12 amide bonds. The Morgan fingerprint density at radius 2 is 1.22 bits per heavy atom. The molecule has 1 spiro atoms. The predicted octanol–water partition coefficient (Wildman–Crippen LogP) is 5.41. The third-order valence-electron chi connectivity index (χ3n) is 20.5. The Labute approximate surface area is 581 Å². The SMILES string of the molecule is CC[C@H](C)[C@@H]1NC(=O)[C@H](CC(C)C)N(C)C(=O)C[C@@H](C(=O)N2CCCCC2)N(C)C(=O)[C@H](C2CCCCC2)N(C)C(=O)C2(CCCC2)NC(=O)[C@@H]2CCCN2C(=O)[C@H](CCc2ccc(C(F)(F)F)c(Cl)c2)NC(=O)CN(C)C(=O)[C@H](CC(F)(F)F)N(C)C(=O)CN(C)C(=O)CN(C)C1=O. The summed E-state index contributed by atoms with van der Waals surface area (Å²) in [6, 6.07) is -7.60. The Balaban J connectivity index is 1.44. The Morgan fingerprint density at radius 3 is 1.81 bits per heavy atom. The fraction of sp³-hybridized carbons (Fsp3) is 0.735. The van der Waals surface area contributed by atoms with Crippen LogP contribution in [0, 0.1) is 17.8 Å². The van der Waals surface area contributed by atoms with Crippen LogP contribution in [0.1, 0.15) is 161 Å². The van der Waals surface area contributed by atoms with Crippen LogP contribution >= 0.6 is 11.6 Å². The number of fused-ring (bicyclic) bond motifs is 1. The van der Waals surface area contributed by atoms with Crippen molar-refractivity contribution in [3.63, 3.8) is 0 Å². The van der Waals surface area contributed by atoms with Gasteiger partial charge >= 0.3 is 12.4 Å². The molecule has 0 radical (unpaired) electrons. The summed E-state index contributed by atoms with van der Waals surface area (Å²) in [5, 5.41) is 7.66. The number of nitrogens with zero attached hydrogens (tertiary/aromatic N) is 9. The smallest absolute Gasteiger partial charge is 0.343 e. The summed E-state index contributed by atoms with van der Waals surface area (Å²) >= 11 is 6.07. The van der Waals surface area contributed by atoms with E-state index in [-0.39, 0.29) is 63.0 Å². The van der Waals surface area contributed by atoms with Gasteiger partial charge in [0.2, 0.25) is 70.9 Å². The zero-order valence-corrected chi connectivity index (χ0v) is 59.7. The molecule has 3 saturated heterocycles. The molecule has 3 aliphatic heterocycles. The second-order valence-electron chi connectivity index (χ2n) is 28.3. The Morgan fingerprint density at radius 1 is 0.626 bits per heavy atom. The van der Waals surface area contributed by atoms with Gasteiger partial charge in [0.1, 0.15) is 47.8 Å². The molecule has 6 rings (SSSR count).